The molecule has 0 bridgehead atoms. The molecule has 2 rings (SSSR count). The number of hydrogen-bond donors (Lipinski definition) is 0. The van der Waals surface area contributed by atoms with Crippen LogP contribution < -0.4 is 0 Å². The SMILES string of the molecule is Cc1nc2c(C#N)cccc2cc1C(C)C. The minimum absolute atomic E-state index is 0.461. The Morgan fingerprint density at radius 2 is 2.06 bits per heavy atom. The molecule has 0 atom stereocenters. The first-order valence-corrected chi connectivity index (χ1v) is 5.44. The van der Waals surface area contributed by atoms with E-state index in [0.717, 1.165) is 16.6 Å². The van der Waals surface area contributed by atoms with Gasteiger partial charge in [-0.3, -0.25) is 4.98 Å². The summed E-state index contributed by atoms with van der Waals surface area (Å²) < 4.78 is 0. The van der Waals surface area contributed by atoms with E-state index in [9.17, 15) is 0 Å². The highest BCUT2D eigenvalue weighted by atomic mass is 14.7. The number of para-hydroxylation sites is 1. The highest BCUT2D eigenvalue weighted by Gasteiger charge is 2.08. The lowest BCUT2D eigenvalue weighted by Crippen LogP contribution is -1.97. The molecule has 0 saturated heterocycles. The first kappa shape index (κ1) is 10.6. The summed E-state index contributed by atoms with van der Waals surface area (Å²) in [6.45, 7) is 6.32. The monoisotopic (exact) mass is 210 g/mol. The molecular formula is C14H14N2. The lowest BCUT2D eigenvalue weighted by Gasteiger charge is -2.10. The summed E-state index contributed by atoms with van der Waals surface area (Å²) >= 11 is 0. The quantitative estimate of drug-likeness (QED) is 0.721. The minimum atomic E-state index is 0.461. The molecule has 2 heteroatoms. The smallest absolute Gasteiger partial charge is 0.101 e. The van der Waals surface area contributed by atoms with Crippen molar-refractivity contribution in [2.45, 2.75) is 26.7 Å². The Hall–Kier alpha value is -1.88. The highest BCUT2D eigenvalue weighted by molar-refractivity contribution is 5.84. The number of benzene rings is 1. The average molecular weight is 210 g/mol. The molecule has 0 aliphatic carbocycles. The van der Waals surface area contributed by atoms with E-state index >= 15 is 0 Å². The summed E-state index contributed by atoms with van der Waals surface area (Å²) in [5.74, 6) is 0.461. The number of nitriles is 1. The highest BCUT2D eigenvalue weighted by Crippen LogP contribution is 2.24. The summed E-state index contributed by atoms with van der Waals surface area (Å²) in [6.07, 6.45) is 0. The van der Waals surface area contributed by atoms with Crippen LogP contribution in [0.2, 0.25) is 0 Å². The summed E-state index contributed by atoms with van der Waals surface area (Å²) in [5, 5.41) is 10.1. The third-order valence-corrected chi connectivity index (χ3v) is 2.82. The Balaban J connectivity index is 2.79. The van der Waals surface area contributed by atoms with Crippen molar-refractivity contribution in [3.05, 3.63) is 41.1 Å². The van der Waals surface area contributed by atoms with Crippen LogP contribution in [-0.4, -0.2) is 4.98 Å². The van der Waals surface area contributed by atoms with Crippen LogP contribution in [-0.2, 0) is 0 Å². The molecule has 0 aliphatic rings. The predicted octanol–water partition coefficient (Wildman–Crippen LogP) is 3.54. The molecule has 1 aromatic carbocycles. The summed E-state index contributed by atoms with van der Waals surface area (Å²) in [7, 11) is 0. The normalized spacial score (nSPS) is 10.7. The fourth-order valence-electron chi connectivity index (χ4n) is 1.98. The van der Waals surface area contributed by atoms with E-state index in [4.69, 9.17) is 5.26 Å². The molecular weight excluding hydrogens is 196 g/mol. The third-order valence-electron chi connectivity index (χ3n) is 2.82. The summed E-state index contributed by atoms with van der Waals surface area (Å²) in [6, 6.07) is 10.0. The van der Waals surface area contributed by atoms with Crippen molar-refractivity contribution in [3.8, 4) is 6.07 Å². The van der Waals surface area contributed by atoms with E-state index in [2.05, 4.69) is 31.0 Å². The van der Waals surface area contributed by atoms with Gasteiger partial charge in [-0.25, -0.2) is 0 Å². The lowest BCUT2D eigenvalue weighted by molar-refractivity contribution is 0.848. The van der Waals surface area contributed by atoms with E-state index in [1.165, 1.54) is 5.56 Å². The molecule has 2 nitrogen and oxygen atoms in total. The van der Waals surface area contributed by atoms with Crippen molar-refractivity contribution in [3.63, 3.8) is 0 Å². The minimum Gasteiger partial charge on any atom is -0.251 e. The topological polar surface area (TPSA) is 36.7 Å². The number of fused-ring (bicyclic) bond motifs is 1. The molecule has 0 amide bonds. The Labute approximate surface area is 95.6 Å². The van der Waals surface area contributed by atoms with Crippen LogP contribution >= 0.6 is 0 Å². The average Bonchev–Trinajstić information content (AvgIpc) is 2.27. The van der Waals surface area contributed by atoms with Gasteiger partial charge < -0.3 is 0 Å². The van der Waals surface area contributed by atoms with Crippen molar-refractivity contribution >= 4 is 10.9 Å². The first-order valence-electron chi connectivity index (χ1n) is 5.44. The Kier molecular flexibility index (Phi) is 2.62. The third kappa shape index (κ3) is 1.65. The molecule has 1 heterocycles. The second kappa shape index (κ2) is 3.94. The molecule has 0 spiro atoms. The fourth-order valence-corrected chi connectivity index (χ4v) is 1.98. The number of aromatic nitrogens is 1. The van der Waals surface area contributed by atoms with E-state index in [0.29, 0.717) is 11.5 Å². The van der Waals surface area contributed by atoms with Crippen molar-refractivity contribution in [1.29, 1.82) is 5.26 Å². The van der Waals surface area contributed by atoms with Crippen LogP contribution in [0.15, 0.2) is 24.3 Å². The standard InChI is InChI=1S/C14H14N2/c1-9(2)13-7-11-5-4-6-12(8-15)14(11)16-10(13)3/h4-7,9H,1-3H3. The van der Waals surface area contributed by atoms with Crippen LogP contribution in [0.4, 0.5) is 0 Å². The Bertz CT molecular complexity index is 577. The molecule has 0 N–H and O–H groups in total. The van der Waals surface area contributed by atoms with Crippen molar-refractivity contribution in [1.82, 2.24) is 4.98 Å². The summed E-state index contributed by atoms with van der Waals surface area (Å²) in [5.41, 5.74) is 3.73. The Morgan fingerprint density at radius 1 is 1.31 bits per heavy atom. The van der Waals surface area contributed by atoms with Crippen molar-refractivity contribution < 1.29 is 0 Å². The molecule has 0 saturated carbocycles. The van der Waals surface area contributed by atoms with Crippen molar-refractivity contribution in [2.75, 3.05) is 0 Å². The van der Waals surface area contributed by atoms with E-state index in [-0.39, 0.29) is 0 Å². The molecule has 80 valence electrons. The maximum absolute atomic E-state index is 9.01. The molecule has 0 aliphatic heterocycles. The Morgan fingerprint density at radius 3 is 2.69 bits per heavy atom. The predicted molar refractivity (Wildman–Crippen MR) is 65.3 cm³/mol. The van der Waals surface area contributed by atoms with E-state index < -0.39 is 0 Å². The van der Waals surface area contributed by atoms with Crippen LogP contribution in [0.1, 0.15) is 36.6 Å². The zero-order valence-electron chi connectivity index (χ0n) is 9.78. The van der Waals surface area contributed by atoms with Gasteiger partial charge in [0, 0.05) is 11.1 Å². The van der Waals surface area contributed by atoms with Gasteiger partial charge in [0.05, 0.1) is 11.1 Å². The molecule has 0 unspecified atom stereocenters. The van der Waals surface area contributed by atoms with Crippen LogP contribution in [0.25, 0.3) is 10.9 Å². The number of nitrogens with zero attached hydrogens (tertiary/aromatic N) is 2. The van der Waals surface area contributed by atoms with Gasteiger partial charge in [-0.1, -0.05) is 26.0 Å². The number of rotatable bonds is 1. The van der Waals surface area contributed by atoms with Gasteiger partial charge in [-0.15, -0.1) is 0 Å². The van der Waals surface area contributed by atoms with E-state index in [1.54, 1.807) is 0 Å². The van der Waals surface area contributed by atoms with Crippen molar-refractivity contribution in [2.24, 2.45) is 0 Å². The molecule has 1 aromatic heterocycles. The zero-order valence-corrected chi connectivity index (χ0v) is 9.78. The summed E-state index contributed by atoms with van der Waals surface area (Å²) in [4.78, 5) is 4.55. The van der Waals surface area contributed by atoms with Crippen LogP contribution in [0.5, 0.6) is 0 Å². The van der Waals surface area contributed by atoms with Gasteiger partial charge in [0.25, 0.3) is 0 Å². The van der Waals surface area contributed by atoms with Gasteiger partial charge in [-0.05, 0) is 30.5 Å². The van der Waals surface area contributed by atoms with Gasteiger partial charge in [0.2, 0.25) is 0 Å². The maximum atomic E-state index is 9.01. The van der Waals surface area contributed by atoms with Crippen LogP contribution in [0, 0.1) is 18.3 Å². The molecule has 2 aromatic rings. The van der Waals surface area contributed by atoms with Gasteiger partial charge >= 0.3 is 0 Å². The second-order valence-corrected chi connectivity index (χ2v) is 4.31. The second-order valence-electron chi connectivity index (χ2n) is 4.31. The fraction of sp³-hybridized carbons (Fsp3) is 0.286. The first-order chi connectivity index (χ1) is 7.63. The van der Waals surface area contributed by atoms with Gasteiger partial charge in [0.1, 0.15) is 6.07 Å². The zero-order chi connectivity index (χ0) is 11.7. The van der Waals surface area contributed by atoms with Gasteiger partial charge in [0.15, 0.2) is 0 Å². The maximum Gasteiger partial charge on any atom is 0.101 e. The number of aryl methyl sites for hydroxylation is 1. The van der Waals surface area contributed by atoms with Gasteiger partial charge in [-0.2, -0.15) is 5.26 Å². The number of pyridine rings is 1. The number of hydrogen-bond acceptors (Lipinski definition) is 2. The molecule has 16 heavy (non-hydrogen) atoms. The largest absolute Gasteiger partial charge is 0.251 e. The van der Waals surface area contributed by atoms with Crippen LogP contribution in [0.3, 0.4) is 0 Å². The molecule has 0 radical (unpaired) electrons. The lowest BCUT2D eigenvalue weighted by atomic mass is 9.99. The molecule has 0 fully saturated rings. The van der Waals surface area contributed by atoms with E-state index in [1.807, 2.05) is 25.1 Å².